The van der Waals surface area contributed by atoms with Gasteiger partial charge < -0.3 is 16.2 Å². The van der Waals surface area contributed by atoms with Gasteiger partial charge in [0.25, 0.3) is 0 Å². The number of nitrogens with one attached hydrogen (secondary N) is 1. The number of carbonyl (C=O) groups is 2. The van der Waals surface area contributed by atoms with Crippen LogP contribution in [-0.2, 0) is 11.3 Å². The molecule has 0 fully saturated rings. The minimum absolute atomic E-state index is 0.00922. The minimum Gasteiger partial charge on any atom is -0.476 e. The Kier molecular flexibility index (Phi) is 3.75. The number of hydrogen-bond acceptors (Lipinski definition) is 5. The van der Waals surface area contributed by atoms with E-state index in [0.717, 1.165) is 0 Å². The maximum atomic E-state index is 11.1. The molecule has 1 aromatic rings. The van der Waals surface area contributed by atoms with Gasteiger partial charge in [0.2, 0.25) is 5.91 Å². The van der Waals surface area contributed by atoms with Gasteiger partial charge in [-0.3, -0.25) is 4.79 Å². The predicted octanol–water partition coefficient (Wildman–Crippen LogP) is -0.195. The summed E-state index contributed by atoms with van der Waals surface area (Å²) in [7, 11) is 0. The molecule has 15 heavy (non-hydrogen) atoms. The Bertz CT molecular complexity index is 375. The first-order valence-electron chi connectivity index (χ1n) is 4.21. The first kappa shape index (κ1) is 11.6. The van der Waals surface area contributed by atoms with E-state index < -0.39 is 12.0 Å². The fraction of sp³-hybridized carbons (Fsp3) is 0.375. The van der Waals surface area contributed by atoms with Crippen molar-refractivity contribution in [1.82, 2.24) is 10.3 Å². The van der Waals surface area contributed by atoms with Gasteiger partial charge in [-0.05, 0) is 6.92 Å². The van der Waals surface area contributed by atoms with Gasteiger partial charge in [0, 0.05) is 5.38 Å². The lowest BCUT2D eigenvalue weighted by molar-refractivity contribution is -0.122. The van der Waals surface area contributed by atoms with Crippen molar-refractivity contribution in [3.63, 3.8) is 0 Å². The number of amides is 1. The maximum Gasteiger partial charge on any atom is 0.355 e. The van der Waals surface area contributed by atoms with Crippen LogP contribution in [0.1, 0.15) is 22.4 Å². The fourth-order valence-corrected chi connectivity index (χ4v) is 1.52. The zero-order valence-electron chi connectivity index (χ0n) is 8.06. The molecular weight excluding hydrogens is 218 g/mol. The number of aromatic nitrogens is 1. The minimum atomic E-state index is -1.07. The van der Waals surface area contributed by atoms with E-state index in [1.807, 2.05) is 0 Å². The standard InChI is InChI=1S/C8H11N3O3S/c1-4(9)7(12)10-2-6-11-5(3-15-6)8(13)14/h3-4H,2,9H2,1H3,(H,10,12)(H,13,14)/t4-/m0/s1. The molecule has 1 atom stereocenters. The van der Waals surface area contributed by atoms with E-state index >= 15 is 0 Å². The predicted molar refractivity (Wildman–Crippen MR) is 54.6 cm³/mol. The lowest BCUT2D eigenvalue weighted by Gasteiger charge is -2.04. The molecule has 0 aliphatic rings. The highest BCUT2D eigenvalue weighted by atomic mass is 32.1. The molecule has 4 N–H and O–H groups in total. The molecule has 1 rings (SSSR count). The molecule has 1 amide bonds. The Morgan fingerprint density at radius 2 is 2.40 bits per heavy atom. The van der Waals surface area contributed by atoms with E-state index in [1.165, 1.54) is 16.7 Å². The Morgan fingerprint density at radius 3 is 2.87 bits per heavy atom. The van der Waals surface area contributed by atoms with Crippen molar-refractivity contribution in [2.24, 2.45) is 5.73 Å². The van der Waals surface area contributed by atoms with Gasteiger partial charge in [-0.25, -0.2) is 9.78 Å². The molecule has 0 saturated heterocycles. The lowest BCUT2D eigenvalue weighted by Crippen LogP contribution is -2.37. The van der Waals surface area contributed by atoms with Gasteiger partial charge in [-0.1, -0.05) is 0 Å². The van der Waals surface area contributed by atoms with E-state index in [9.17, 15) is 9.59 Å². The number of carbonyl (C=O) groups excluding carboxylic acids is 1. The van der Waals surface area contributed by atoms with Gasteiger partial charge in [0.15, 0.2) is 5.69 Å². The van der Waals surface area contributed by atoms with Crippen LogP contribution in [0.3, 0.4) is 0 Å². The summed E-state index contributed by atoms with van der Waals surface area (Å²) in [6.45, 7) is 1.78. The van der Waals surface area contributed by atoms with Crippen LogP contribution in [0, 0.1) is 0 Å². The van der Waals surface area contributed by atoms with Crippen LogP contribution in [0.5, 0.6) is 0 Å². The number of carboxylic acid groups (broad SMARTS) is 1. The number of nitrogens with two attached hydrogens (primary N) is 1. The molecule has 0 saturated carbocycles. The molecule has 82 valence electrons. The average Bonchev–Trinajstić information content (AvgIpc) is 2.62. The van der Waals surface area contributed by atoms with E-state index in [2.05, 4.69) is 10.3 Å². The second-order valence-corrected chi connectivity index (χ2v) is 3.88. The van der Waals surface area contributed by atoms with Crippen LogP contribution in [-0.4, -0.2) is 28.0 Å². The molecule has 1 heterocycles. The van der Waals surface area contributed by atoms with E-state index in [-0.39, 0.29) is 18.1 Å². The van der Waals surface area contributed by atoms with Crippen LogP contribution in [0.25, 0.3) is 0 Å². The smallest absolute Gasteiger partial charge is 0.355 e. The highest BCUT2D eigenvalue weighted by molar-refractivity contribution is 7.09. The molecular formula is C8H11N3O3S. The quantitative estimate of drug-likeness (QED) is 0.663. The topological polar surface area (TPSA) is 105 Å². The van der Waals surface area contributed by atoms with Gasteiger partial charge in [-0.2, -0.15) is 0 Å². The number of thiazole rings is 1. The van der Waals surface area contributed by atoms with E-state index in [4.69, 9.17) is 10.8 Å². The van der Waals surface area contributed by atoms with Crippen LogP contribution in [0.4, 0.5) is 0 Å². The number of aromatic carboxylic acids is 1. The summed E-state index contributed by atoms with van der Waals surface area (Å²) in [6.07, 6.45) is 0. The zero-order valence-corrected chi connectivity index (χ0v) is 8.87. The third-order valence-corrected chi connectivity index (χ3v) is 2.45. The average molecular weight is 229 g/mol. The summed E-state index contributed by atoms with van der Waals surface area (Å²) in [6, 6.07) is -0.580. The van der Waals surface area contributed by atoms with Crippen LogP contribution in [0.2, 0.25) is 0 Å². The molecule has 0 aromatic carbocycles. The van der Waals surface area contributed by atoms with Crippen LogP contribution < -0.4 is 11.1 Å². The van der Waals surface area contributed by atoms with Crippen molar-refractivity contribution >= 4 is 23.2 Å². The van der Waals surface area contributed by atoms with E-state index in [0.29, 0.717) is 5.01 Å². The largest absolute Gasteiger partial charge is 0.476 e. The highest BCUT2D eigenvalue weighted by Gasteiger charge is 2.10. The summed E-state index contributed by atoms with van der Waals surface area (Å²) in [5.74, 6) is -1.36. The van der Waals surface area contributed by atoms with Gasteiger partial charge in [0.1, 0.15) is 5.01 Å². The van der Waals surface area contributed by atoms with Crippen LogP contribution >= 0.6 is 11.3 Å². The molecule has 6 nitrogen and oxygen atoms in total. The van der Waals surface area contributed by atoms with Crippen LogP contribution in [0.15, 0.2) is 5.38 Å². The number of rotatable bonds is 4. The molecule has 7 heteroatoms. The monoisotopic (exact) mass is 229 g/mol. The second kappa shape index (κ2) is 4.85. The van der Waals surface area contributed by atoms with Crippen molar-refractivity contribution in [3.8, 4) is 0 Å². The SMILES string of the molecule is C[C@H](N)C(=O)NCc1nc(C(=O)O)cs1. The molecule has 1 aromatic heterocycles. The molecule has 0 radical (unpaired) electrons. The normalized spacial score (nSPS) is 12.1. The molecule has 0 spiro atoms. The van der Waals surface area contributed by atoms with Crippen molar-refractivity contribution in [1.29, 1.82) is 0 Å². The van der Waals surface area contributed by atoms with Crippen molar-refractivity contribution in [2.45, 2.75) is 19.5 Å². The third-order valence-electron chi connectivity index (χ3n) is 1.60. The van der Waals surface area contributed by atoms with Gasteiger partial charge in [0.05, 0.1) is 12.6 Å². The Hall–Kier alpha value is -1.47. The third kappa shape index (κ3) is 3.30. The van der Waals surface area contributed by atoms with Gasteiger partial charge in [-0.15, -0.1) is 11.3 Å². The summed E-state index contributed by atoms with van der Waals surface area (Å²) in [5.41, 5.74) is 5.32. The highest BCUT2D eigenvalue weighted by Crippen LogP contribution is 2.09. The second-order valence-electron chi connectivity index (χ2n) is 2.94. The fourth-order valence-electron chi connectivity index (χ4n) is 0.814. The van der Waals surface area contributed by atoms with Crippen molar-refractivity contribution < 1.29 is 14.7 Å². The molecule has 0 unspecified atom stereocenters. The molecule has 0 aliphatic carbocycles. The molecule has 0 bridgehead atoms. The summed E-state index contributed by atoms with van der Waals surface area (Å²) < 4.78 is 0. The number of carboxylic acids is 1. The number of nitrogens with zero attached hydrogens (tertiary/aromatic N) is 1. The zero-order chi connectivity index (χ0) is 11.4. The van der Waals surface area contributed by atoms with Crippen molar-refractivity contribution in [3.05, 3.63) is 16.1 Å². The Balaban J connectivity index is 2.51. The number of hydrogen-bond donors (Lipinski definition) is 3. The Labute approximate surface area is 90.1 Å². The van der Waals surface area contributed by atoms with E-state index in [1.54, 1.807) is 6.92 Å². The summed E-state index contributed by atoms with van der Waals surface area (Å²) >= 11 is 1.18. The first-order chi connectivity index (χ1) is 7.00. The Morgan fingerprint density at radius 1 is 1.73 bits per heavy atom. The summed E-state index contributed by atoms with van der Waals surface area (Å²) in [4.78, 5) is 25.4. The van der Waals surface area contributed by atoms with Crippen molar-refractivity contribution in [2.75, 3.05) is 0 Å². The maximum absolute atomic E-state index is 11.1. The van der Waals surface area contributed by atoms with Gasteiger partial charge >= 0.3 is 5.97 Å². The first-order valence-corrected chi connectivity index (χ1v) is 5.09. The lowest BCUT2D eigenvalue weighted by atomic mass is 10.3. The summed E-state index contributed by atoms with van der Waals surface area (Å²) in [5, 5.41) is 13.1. The molecule has 0 aliphatic heterocycles.